The predicted octanol–water partition coefficient (Wildman–Crippen LogP) is 5.83. The second-order valence-electron chi connectivity index (χ2n) is 7.91. The Morgan fingerprint density at radius 2 is 1.66 bits per heavy atom. The van der Waals surface area contributed by atoms with E-state index in [1.165, 1.54) is 5.56 Å². The van der Waals surface area contributed by atoms with Crippen LogP contribution in [-0.4, -0.2) is 25.5 Å². The Balaban J connectivity index is 1.45. The van der Waals surface area contributed by atoms with Gasteiger partial charge in [-0.25, -0.2) is 0 Å². The summed E-state index contributed by atoms with van der Waals surface area (Å²) in [5.74, 6) is 1.41. The van der Waals surface area contributed by atoms with Crippen LogP contribution < -0.4 is 15.4 Å². The highest BCUT2D eigenvalue weighted by molar-refractivity contribution is 8.00. The van der Waals surface area contributed by atoms with Crippen molar-refractivity contribution >= 4 is 35.3 Å². The standard InChI is InChI=1S/C26H29N3OS2/c30-26(28-18-20-13-15-27-16-14-20)24-17-22(29-31-19-21-7-3-1-4-8-21)11-12-25(24)32-23-9-5-2-6-10-23/h1-12,17,20,27,29H,13-16,18-19H2,(H,28,30). The molecule has 0 bridgehead atoms. The van der Waals surface area contributed by atoms with E-state index in [4.69, 9.17) is 0 Å². The zero-order chi connectivity index (χ0) is 22.0. The van der Waals surface area contributed by atoms with Crippen molar-refractivity contribution in [2.45, 2.75) is 28.4 Å². The van der Waals surface area contributed by atoms with Crippen molar-refractivity contribution in [1.82, 2.24) is 10.6 Å². The van der Waals surface area contributed by atoms with Crippen LogP contribution in [0.3, 0.4) is 0 Å². The molecule has 3 aromatic carbocycles. The van der Waals surface area contributed by atoms with Gasteiger partial charge < -0.3 is 15.4 Å². The molecule has 1 amide bonds. The lowest BCUT2D eigenvalue weighted by Crippen LogP contribution is -2.36. The van der Waals surface area contributed by atoms with Crippen molar-refractivity contribution in [1.29, 1.82) is 0 Å². The summed E-state index contributed by atoms with van der Waals surface area (Å²) < 4.78 is 3.40. The fourth-order valence-electron chi connectivity index (χ4n) is 3.67. The molecule has 1 saturated heterocycles. The molecule has 1 aliphatic rings. The Morgan fingerprint density at radius 1 is 0.938 bits per heavy atom. The summed E-state index contributed by atoms with van der Waals surface area (Å²) in [6, 6.07) is 26.6. The van der Waals surface area contributed by atoms with Gasteiger partial charge in [0.2, 0.25) is 0 Å². The normalized spacial score (nSPS) is 14.1. The molecule has 6 heteroatoms. The summed E-state index contributed by atoms with van der Waals surface area (Å²) in [5.41, 5.74) is 2.93. The van der Waals surface area contributed by atoms with Gasteiger partial charge in [0.25, 0.3) is 5.91 Å². The molecule has 4 rings (SSSR count). The van der Waals surface area contributed by atoms with Gasteiger partial charge in [0.1, 0.15) is 0 Å². The van der Waals surface area contributed by atoms with E-state index in [0.717, 1.165) is 59.3 Å². The highest BCUT2D eigenvalue weighted by Crippen LogP contribution is 2.32. The second-order valence-corrected chi connectivity index (χ2v) is 9.80. The zero-order valence-corrected chi connectivity index (χ0v) is 19.7. The number of nitrogens with one attached hydrogen (secondary N) is 3. The molecule has 0 spiro atoms. The van der Waals surface area contributed by atoms with E-state index in [9.17, 15) is 4.79 Å². The molecule has 4 nitrogen and oxygen atoms in total. The van der Waals surface area contributed by atoms with Crippen LogP contribution in [-0.2, 0) is 5.75 Å². The van der Waals surface area contributed by atoms with Gasteiger partial charge in [-0.1, -0.05) is 60.3 Å². The summed E-state index contributed by atoms with van der Waals surface area (Å²) in [5, 5.41) is 6.57. The third-order valence-corrected chi connectivity index (χ3v) is 7.42. The minimum atomic E-state index is -0.00123. The predicted molar refractivity (Wildman–Crippen MR) is 136 cm³/mol. The number of hydrogen-bond acceptors (Lipinski definition) is 5. The SMILES string of the molecule is O=C(NCC1CCNCC1)c1cc(NSCc2ccccc2)ccc1Sc1ccccc1. The third-order valence-electron chi connectivity index (χ3n) is 5.48. The van der Waals surface area contributed by atoms with Gasteiger partial charge in [-0.15, -0.1) is 0 Å². The first-order valence-electron chi connectivity index (χ1n) is 11.1. The maximum Gasteiger partial charge on any atom is 0.252 e. The van der Waals surface area contributed by atoms with Crippen molar-refractivity contribution in [3.63, 3.8) is 0 Å². The van der Waals surface area contributed by atoms with Crippen LogP contribution in [0.5, 0.6) is 0 Å². The first-order valence-corrected chi connectivity index (χ1v) is 12.9. The second kappa shape index (κ2) is 12.0. The molecule has 1 aliphatic heterocycles. The van der Waals surface area contributed by atoms with E-state index in [0.29, 0.717) is 5.92 Å². The van der Waals surface area contributed by atoms with Gasteiger partial charge in [-0.3, -0.25) is 4.79 Å². The van der Waals surface area contributed by atoms with E-state index >= 15 is 0 Å². The molecule has 3 aromatic rings. The summed E-state index contributed by atoms with van der Waals surface area (Å²) in [6.45, 7) is 2.80. The molecule has 0 unspecified atom stereocenters. The lowest BCUT2D eigenvalue weighted by molar-refractivity contribution is 0.0941. The number of rotatable bonds is 9. The molecule has 166 valence electrons. The zero-order valence-electron chi connectivity index (χ0n) is 18.1. The Kier molecular flexibility index (Phi) is 8.54. The highest BCUT2D eigenvalue weighted by Gasteiger charge is 2.17. The Bertz CT molecular complexity index is 992. The molecule has 1 heterocycles. The number of benzene rings is 3. The van der Waals surface area contributed by atoms with Crippen molar-refractivity contribution in [2.24, 2.45) is 5.92 Å². The molecular weight excluding hydrogens is 434 g/mol. The molecular formula is C26H29N3OS2. The van der Waals surface area contributed by atoms with Crippen molar-refractivity contribution in [2.75, 3.05) is 24.4 Å². The number of hydrogen-bond donors (Lipinski definition) is 3. The minimum Gasteiger partial charge on any atom is -0.352 e. The van der Waals surface area contributed by atoms with Crippen LogP contribution >= 0.6 is 23.7 Å². The number of amides is 1. The van der Waals surface area contributed by atoms with E-state index in [2.05, 4.69) is 51.8 Å². The summed E-state index contributed by atoms with van der Waals surface area (Å²) in [7, 11) is 0. The average Bonchev–Trinajstić information content (AvgIpc) is 2.85. The molecule has 1 fully saturated rings. The number of carbonyl (C=O) groups is 1. The summed E-state index contributed by atoms with van der Waals surface area (Å²) >= 11 is 3.26. The first kappa shape index (κ1) is 22.8. The smallest absolute Gasteiger partial charge is 0.252 e. The molecule has 0 radical (unpaired) electrons. The van der Waals surface area contributed by atoms with Gasteiger partial charge in [-0.2, -0.15) is 0 Å². The monoisotopic (exact) mass is 463 g/mol. The van der Waals surface area contributed by atoms with Gasteiger partial charge in [0.05, 0.1) is 5.56 Å². The molecule has 32 heavy (non-hydrogen) atoms. The van der Waals surface area contributed by atoms with Crippen LogP contribution in [0.25, 0.3) is 0 Å². The van der Waals surface area contributed by atoms with Crippen LogP contribution in [0.1, 0.15) is 28.8 Å². The number of piperidine rings is 1. The van der Waals surface area contributed by atoms with Crippen LogP contribution in [0.15, 0.2) is 88.7 Å². The number of anilines is 1. The summed E-state index contributed by atoms with van der Waals surface area (Å²) in [6.07, 6.45) is 2.23. The first-order chi connectivity index (χ1) is 15.8. The van der Waals surface area contributed by atoms with Crippen LogP contribution in [0.4, 0.5) is 5.69 Å². The minimum absolute atomic E-state index is 0.00123. The Morgan fingerprint density at radius 3 is 2.41 bits per heavy atom. The van der Waals surface area contributed by atoms with Crippen molar-refractivity contribution < 1.29 is 4.79 Å². The molecule has 3 N–H and O–H groups in total. The third kappa shape index (κ3) is 6.79. The largest absolute Gasteiger partial charge is 0.352 e. The maximum atomic E-state index is 13.2. The highest BCUT2D eigenvalue weighted by atomic mass is 32.2. The van der Waals surface area contributed by atoms with Crippen LogP contribution in [0, 0.1) is 5.92 Å². The number of carbonyl (C=O) groups excluding carboxylic acids is 1. The van der Waals surface area contributed by atoms with Gasteiger partial charge in [0.15, 0.2) is 0 Å². The van der Waals surface area contributed by atoms with E-state index in [-0.39, 0.29) is 5.91 Å². The Labute approximate surface area is 199 Å². The fraction of sp³-hybridized carbons (Fsp3) is 0.269. The van der Waals surface area contributed by atoms with Crippen molar-refractivity contribution in [3.8, 4) is 0 Å². The lowest BCUT2D eigenvalue weighted by Gasteiger charge is -2.23. The molecule has 0 saturated carbocycles. The van der Waals surface area contributed by atoms with Crippen LogP contribution in [0.2, 0.25) is 0 Å². The Hall–Kier alpha value is -2.41. The maximum absolute atomic E-state index is 13.2. The van der Waals surface area contributed by atoms with E-state index < -0.39 is 0 Å². The molecule has 0 aliphatic carbocycles. The lowest BCUT2D eigenvalue weighted by atomic mass is 9.98. The van der Waals surface area contributed by atoms with Gasteiger partial charge in [0, 0.05) is 27.8 Å². The van der Waals surface area contributed by atoms with E-state index in [1.54, 1.807) is 23.7 Å². The fourth-order valence-corrected chi connectivity index (χ4v) is 5.34. The topological polar surface area (TPSA) is 53.2 Å². The summed E-state index contributed by atoms with van der Waals surface area (Å²) in [4.78, 5) is 15.3. The van der Waals surface area contributed by atoms with Crippen molar-refractivity contribution in [3.05, 3.63) is 90.0 Å². The van der Waals surface area contributed by atoms with Gasteiger partial charge >= 0.3 is 0 Å². The quantitative estimate of drug-likeness (QED) is 0.349. The van der Waals surface area contributed by atoms with E-state index in [1.807, 2.05) is 42.5 Å². The average molecular weight is 464 g/mol. The molecule has 0 aromatic heterocycles. The molecule has 0 atom stereocenters. The van der Waals surface area contributed by atoms with Gasteiger partial charge in [-0.05, 0) is 79.7 Å².